The molecule has 0 fully saturated rings. The van der Waals surface area contributed by atoms with Crippen molar-refractivity contribution in [2.75, 3.05) is 0 Å². The molecule has 1 amide bonds. The van der Waals surface area contributed by atoms with Crippen LogP contribution in [-0.4, -0.2) is 10.5 Å². The summed E-state index contributed by atoms with van der Waals surface area (Å²) in [6.45, 7) is 2.36. The van der Waals surface area contributed by atoms with Crippen molar-refractivity contribution >= 4 is 55.9 Å². The molecule has 0 saturated heterocycles. The Bertz CT molecular complexity index is 696. The van der Waals surface area contributed by atoms with Gasteiger partial charge >= 0.3 is 0 Å². The molecular weight excluding hydrogens is 351 g/mol. The smallest absolute Gasteiger partial charge is 0.217 e. The number of aromatic nitrogens is 1. The van der Waals surface area contributed by atoms with Gasteiger partial charge in [-0.3, -0.25) is 4.79 Å². The number of nitrogens with one attached hydrogen (secondary N) is 1. The van der Waals surface area contributed by atoms with Gasteiger partial charge in [-0.15, -0.1) is 0 Å². The van der Waals surface area contributed by atoms with E-state index in [-0.39, 0.29) is 11.9 Å². The molecule has 1 N–H and O–H groups in total. The van der Waals surface area contributed by atoms with Gasteiger partial charge < -0.3 is 9.88 Å². The van der Waals surface area contributed by atoms with Crippen LogP contribution < -0.4 is 5.32 Å². The van der Waals surface area contributed by atoms with Gasteiger partial charge in [0.1, 0.15) is 0 Å². The van der Waals surface area contributed by atoms with Crippen LogP contribution in [0.25, 0.3) is 10.9 Å². The zero-order chi connectivity index (χ0) is 13.7. The van der Waals surface area contributed by atoms with Crippen molar-refractivity contribution in [1.82, 2.24) is 9.88 Å². The first-order valence-electron chi connectivity index (χ1n) is 5.92. The Morgan fingerprint density at radius 3 is 2.89 bits per heavy atom. The van der Waals surface area contributed by atoms with Crippen LogP contribution in [0.2, 0.25) is 10.0 Å². The number of rotatable bonds is 1. The van der Waals surface area contributed by atoms with E-state index < -0.39 is 0 Å². The van der Waals surface area contributed by atoms with Crippen molar-refractivity contribution in [1.29, 1.82) is 0 Å². The quantitative estimate of drug-likeness (QED) is 0.755. The normalized spacial score (nSPS) is 17.8. The van der Waals surface area contributed by atoms with Crippen molar-refractivity contribution in [2.45, 2.75) is 25.9 Å². The van der Waals surface area contributed by atoms with Crippen molar-refractivity contribution in [3.8, 4) is 0 Å². The van der Waals surface area contributed by atoms with Gasteiger partial charge in [0.2, 0.25) is 5.91 Å². The summed E-state index contributed by atoms with van der Waals surface area (Å²) >= 11 is 16.0. The van der Waals surface area contributed by atoms with Crippen molar-refractivity contribution in [3.63, 3.8) is 0 Å². The molecule has 0 saturated carbocycles. The molecule has 0 bridgehead atoms. The third-order valence-electron chi connectivity index (χ3n) is 3.43. The van der Waals surface area contributed by atoms with Gasteiger partial charge in [0, 0.05) is 29.0 Å². The molecule has 1 aromatic carbocycles. The highest BCUT2D eigenvalue weighted by Gasteiger charge is 2.27. The first kappa shape index (κ1) is 13.3. The van der Waals surface area contributed by atoms with Crippen LogP contribution in [0.3, 0.4) is 0 Å². The molecule has 1 aliphatic heterocycles. The lowest BCUT2D eigenvalue weighted by atomic mass is 10.1. The molecule has 0 radical (unpaired) electrons. The van der Waals surface area contributed by atoms with Crippen molar-refractivity contribution < 1.29 is 4.79 Å². The third-order valence-corrected chi connectivity index (χ3v) is 4.87. The lowest BCUT2D eigenvalue weighted by Crippen LogP contribution is -2.24. The predicted octanol–water partition coefficient (Wildman–Crippen LogP) is 4.29. The zero-order valence-electron chi connectivity index (χ0n) is 10.1. The van der Waals surface area contributed by atoms with Gasteiger partial charge in [-0.05, 0) is 18.6 Å². The standard InChI is InChI=1S/C13H11BrCl2N2O/c1-6(19)17-10-2-3-18-11(10)4-7-8(14)5-9(15)12(16)13(7)18/h4-5,10H,2-3H2,1H3,(H,17,19). The van der Waals surface area contributed by atoms with Crippen molar-refractivity contribution in [2.24, 2.45) is 0 Å². The summed E-state index contributed by atoms with van der Waals surface area (Å²) < 4.78 is 3.05. The molecule has 3 nitrogen and oxygen atoms in total. The summed E-state index contributed by atoms with van der Waals surface area (Å²) in [5.41, 5.74) is 2.01. The average molecular weight is 362 g/mol. The number of nitrogens with zero attached hydrogens (tertiary/aromatic N) is 1. The van der Waals surface area contributed by atoms with E-state index in [4.69, 9.17) is 23.2 Å². The molecule has 0 spiro atoms. The van der Waals surface area contributed by atoms with E-state index >= 15 is 0 Å². The second-order valence-electron chi connectivity index (χ2n) is 4.68. The summed E-state index contributed by atoms with van der Waals surface area (Å²) in [5, 5.41) is 5.09. The number of fused-ring (bicyclic) bond motifs is 3. The summed E-state index contributed by atoms with van der Waals surface area (Å²) in [5.74, 6) is -0.0214. The molecule has 1 atom stereocenters. The van der Waals surface area contributed by atoms with E-state index in [2.05, 4.69) is 31.9 Å². The number of halogens is 3. The van der Waals surface area contributed by atoms with E-state index in [9.17, 15) is 4.79 Å². The van der Waals surface area contributed by atoms with Crippen LogP contribution >= 0.6 is 39.1 Å². The Hall–Kier alpha value is -0.710. The van der Waals surface area contributed by atoms with Crippen LogP contribution in [-0.2, 0) is 11.3 Å². The van der Waals surface area contributed by atoms with Crippen LogP contribution in [0, 0.1) is 0 Å². The van der Waals surface area contributed by atoms with Gasteiger partial charge in [0.05, 0.1) is 21.6 Å². The Morgan fingerprint density at radius 2 is 2.21 bits per heavy atom. The van der Waals surface area contributed by atoms with Gasteiger partial charge in [-0.2, -0.15) is 0 Å². The lowest BCUT2D eigenvalue weighted by Gasteiger charge is -2.09. The van der Waals surface area contributed by atoms with Crippen LogP contribution in [0.4, 0.5) is 0 Å². The highest BCUT2D eigenvalue weighted by Crippen LogP contribution is 2.42. The summed E-state index contributed by atoms with van der Waals surface area (Å²) in [6, 6.07) is 3.91. The van der Waals surface area contributed by atoms with E-state index in [0.29, 0.717) is 10.0 Å². The Kier molecular flexibility index (Phi) is 3.28. The first-order valence-corrected chi connectivity index (χ1v) is 7.47. The molecular formula is C13H11BrCl2N2O. The average Bonchev–Trinajstić information content (AvgIpc) is 2.86. The zero-order valence-corrected chi connectivity index (χ0v) is 13.2. The molecule has 2 aromatic rings. The molecule has 0 aliphatic carbocycles. The Labute approximate surface area is 129 Å². The Morgan fingerprint density at radius 1 is 1.47 bits per heavy atom. The van der Waals surface area contributed by atoms with E-state index in [1.807, 2.05) is 0 Å². The molecule has 19 heavy (non-hydrogen) atoms. The van der Waals surface area contributed by atoms with Gasteiger partial charge in [0.25, 0.3) is 0 Å². The van der Waals surface area contributed by atoms with E-state index in [0.717, 1.165) is 34.0 Å². The first-order chi connectivity index (χ1) is 8.99. The SMILES string of the molecule is CC(=O)NC1CCn2c1cc1c(Br)cc(Cl)c(Cl)c12. The molecule has 3 rings (SSSR count). The molecule has 1 aliphatic rings. The number of carbonyl (C=O) groups is 1. The summed E-state index contributed by atoms with van der Waals surface area (Å²) in [6.07, 6.45) is 0.880. The highest BCUT2D eigenvalue weighted by molar-refractivity contribution is 9.10. The minimum absolute atomic E-state index is 0.0214. The summed E-state index contributed by atoms with van der Waals surface area (Å²) in [4.78, 5) is 11.2. The fourth-order valence-electron chi connectivity index (χ4n) is 2.68. The monoisotopic (exact) mass is 360 g/mol. The number of benzene rings is 1. The fraction of sp³-hybridized carbons (Fsp3) is 0.308. The number of carbonyl (C=O) groups excluding carboxylic acids is 1. The molecule has 2 heterocycles. The minimum Gasteiger partial charge on any atom is -0.348 e. The van der Waals surface area contributed by atoms with Gasteiger partial charge in [-0.1, -0.05) is 39.1 Å². The minimum atomic E-state index is -0.0214. The summed E-state index contributed by atoms with van der Waals surface area (Å²) in [7, 11) is 0. The van der Waals surface area contributed by atoms with E-state index in [1.54, 1.807) is 6.07 Å². The number of hydrogen-bond donors (Lipinski definition) is 1. The second kappa shape index (κ2) is 4.69. The molecule has 1 aromatic heterocycles. The van der Waals surface area contributed by atoms with Crippen molar-refractivity contribution in [3.05, 3.63) is 32.3 Å². The van der Waals surface area contributed by atoms with Gasteiger partial charge in [-0.25, -0.2) is 0 Å². The molecule has 100 valence electrons. The lowest BCUT2D eigenvalue weighted by molar-refractivity contribution is -0.119. The van der Waals surface area contributed by atoms with E-state index in [1.165, 1.54) is 6.92 Å². The molecule has 6 heteroatoms. The highest BCUT2D eigenvalue weighted by atomic mass is 79.9. The third kappa shape index (κ3) is 2.06. The van der Waals surface area contributed by atoms with Crippen LogP contribution in [0.1, 0.15) is 25.1 Å². The maximum absolute atomic E-state index is 11.2. The second-order valence-corrected chi connectivity index (χ2v) is 6.32. The maximum Gasteiger partial charge on any atom is 0.217 e. The van der Waals surface area contributed by atoms with Crippen LogP contribution in [0.15, 0.2) is 16.6 Å². The number of amides is 1. The molecule has 1 unspecified atom stereocenters. The number of aryl methyl sites for hydroxylation is 1. The largest absolute Gasteiger partial charge is 0.348 e. The van der Waals surface area contributed by atoms with Crippen LogP contribution in [0.5, 0.6) is 0 Å². The van der Waals surface area contributed by atoms with Gasteiger partial charge in [0.15, 0.2) is 0 Å². The topological polar surface area (TPSA) is 34.0 Å². The maximum atomic E-state index is 11.2. The Balaban J connectivity index is 2.22. The predicted molar refractivity (Wildman–Crippen MR) is 80.8 cm³/mol. The number of hydrogen-bond acceptors (Lipinski definition) is 1. The fourth-order valence-corrected chi connectivity index (χ4v) is 3.80.